The Kier molecular flexibility index (Phi) is 5.35. The second-order valence-corrected chi connectivity index (χ2v) is 6.87. The van der Waals surface area contributed by atoms with E-state index in [1.807, 2.05) is 18.2 Å². The maximum Gasteiger partial charge on any atom is 0.302 e. The van der Waals surface area contributed by atoms with Gasteiger partial charge in [0.25, 0.3) is 0 Å². The number of pyridine rings is 1. The summed E-state index contributed by atoms with van der Waals surface area (Å²) in [5.74, 6) is 0.294. The van der Waals surface area contributed by atoms with E-state index in [0.29, 0.717) is 5.82 Å². The van der Waals surface area contributed by atoms with E-state index < -0.39 is 10.2 Å². The maximum atomic E-state index is 11.7. The number of nitrogens with zero attached hydrogens (tertiary/aromatic N) is 2. The van der Waals surface area contributed by atoms with Gasteiger partial charge < -0.3 is 5.32 Å². The molecule has 118 valence electrons. The highest BCUT2D eigenvalue weighted by Gasteiger charge is 2.13. The molecule has 0 aliphatic heterocycles. The monoisotopic (exact) mass is 320 g/mol. The van der Waals surface area contributed by atoms with Crippen LogP contribution in [-0.4, -0.2) is 38.3 Å². The summed E-state index contributed by atoms with van der Waals surface area (Å²) in [5.41, 5.74) is 2.11. The summed E-state index contributed by atoms with van der Waals surface area (Å²) in [6, 6.07) is 13.6. The third kappa shape index (κ3) is 4.71. The molecule has 2 rings (SSSR count). The molecule has 0 unspecified atom stereocenters. The average Bonchev–Trinajstić information content (AvgIpc) is 2.50. The van der Waals surface area contributed by atoms with Crippen LogP contribution in [0.5, 0.6) is 0 Å². The molecule has 2 aromatic rings. The van der Waals surface area contributed by atoms with Crippen LogP contribution in [0.3, 0.4) is 0 Å². The van der Waals surface area contributed by atoms with E-state index in [1.54, 1.807) is 18.3 Å². The van der Waals surface area contributed by atoms with E-state index in [0.717, 1.165) is 23.0 Å². The van der Waals surface area contributed by atoms with Gasteiger partial charge in [-0.15, -0.1) is 0 Å². The lowest BCUT2D eigenvalue weighted by atomic mass is 10.1. The van der Waals surface area contributed by atoms with Crippen LogP contribution in [0.25, 0.3) is 0 Å². The largest absolute Gasteiger partial charge is 0.383 e. The molecule has 0 aliphatic carbocycles. The first-order valence-corrected chi connectivity index (χ1v) is 8.35. The highest BCUT2D eigenvalue weighted by atomic mass is 32.2. The molecule has 22 heavy (non-hydrogen) atoms. The molecule has 0 spiro atoms. The van der Waals surface area contributed by atoms with Crippen molar-refractivity contribution in [1.82, 2.24) is 9.29 Å². The van der Waals surface area contributed by atoms with E-state index in [2.05, 4.69) is 27.2 Å². The van der Waals surface area contributed by atoms with Gasteiger partial charge in [0.1, 0.15) is 5.82 Å². The standard InChI is InChI=1S/C15H20N4O2S/c1-19(2)22(20,21)18-15-9-8-14(12-17-15)16-11-10-13-6-4-3-5-7-13/h3-9,12,16H,10-11H2,1-2H3,(H,17,18). The third-order valence-electron chi connectivity index (χ3n) is 3.06. The van der Waals surface area contributed by atoms with Gasteiger partial charge in [-0.2, -0.15) is 12.7 Å². The quantitative estimate of drug-likeness (QED) is 0.818. The number of nitrogens with one attached hydrogen (secondary N) is 2. The molecule has 6 nitrogen and oxygen atoms in total. The van der Waals surface area contributed by atoms with Crippen molar-refractivity contribution in [3.8, 4) is 0 Å². The first-order chi connectivity index (χ1) is 10.5. The zero-order valence-electron chi connectivity index (χ0n) is 12.7. The summed E-state index contributed by atoms with van der Waals surface area (Å²) in [6.07, 6.45) is 2.52. The Hall–Kier alpha value is -2.12. The van der Waals surface area contributed by atoms with Crippen LogP contribution < -0.4 is 10.0 Å². The Morgan fingerprint density at radius 3 is 2.41 bits per heavy atom. The highest BCUT2D eigenvalue weighted by molar-refractivity contribution is 7.90. The van der Waals surface area contributed by atoms with E-state index >= 15 is 0 Å². The topological polar surface area (TPSA) is 74.3 Å². The van der Waals surface area contributed by atoms with E-state index in [4.69, 9.17) is 0 Å². The van der Waals surface area contributed by atoms with Gasteiger partial charge in [-0.1, -0.05) is 30.3 Å². The van der Waals surface area contributed by atoms with Crippen LogP contribution >= 0.6 is 0 Å². The molecular formula is C15H20N4O2S. The Balaban J connectivity index is 1.87. The lowest BCUT2D eigenvalue weighted by Crippen LogP contribution is -2.29. The van der Waals surface area contributed by atoms with Gasteiger partial charge in [0.15, 0.2) is 0 Å². The van der Waals surface area contributed by atoms with Gasteiger partial charge in [0.2, 0.25) is 0 Å². The number of aromatic nitrogens is 1. The van der Waals surface area contributed by atoms with Crippen LogP contribution in [0.4, 0.5) is 11.5 Å². The van der Waals surface area contributed by atoms with Crippen LogP contribution in [0.1, 0.15) is 5.56 Å². The zero-order valence-corrected chi connectivity index (χ0v) is 13.5. The first-order valence-electron chi connectivity index (χ1n) is 6.91. The molecule has 2 N–H and O–H groups in total. The molecular weight excluding hydrogens is 300 g/mol. The fourth-order valence-corrected chi connectivity index (χ4v) is 2.35. The molecule has 7 heteroatoms. The van der Waals surface area contributed by atoms with Crippen molar-refractivity contribution < 1.29 is 8.42 Å². The number of benzene rings is 1. The van der Waals surface area contributed by atoms with Crippen LogP contribution in [-0.2, 0) is 16.6 Å². The molecule has 0 bridgehead atoms. The van der Waals surface area contributed by atoms with E-state index in [-0.39, 0.29) is 0 Å². The summed E-state index contributed by atoms with van der Waals surface area (Å²) in [5, 5.41) is 3.26. The first kappa shape index (κ1) is 16.3. The SMILES string of the molecule is CN(C)S(=O)(=O)Nc1ccc(NCCc2ccccc2)cn1. The molecule has 1 aromatic heterocycles. The minimum absolute atomic E-state index is 0.294. The summed E-state index contributed by atoms with van der Waals surface area (Å²) < 4.78 is 26.8. The molecule has 0 saturated carbocycles. The normalized spacial score (nSPS) is 11.4. The van der Waals surface area contributed by atoms with Gasteiger partial charge in [0.05, 0.1) is 11.9 Å². The number of anilines is 2. The lowest BCUT2D eigenvalue weighted by molar-refractivity contribution is 0.526. The predicted molar refractivity (Wildman–Crippen MR) is 89.1 cm³/mol. The van der Waals surface area contributed by atoms with Crippen LogP contribution in [0.2, 0.25) is 0 Å². The molecule has 0 atom stereocenters. The smallest absolute Gasteiger partial charge is 0.302 e. The van der Waals surface area contributed by atoms with Gasteiger partial charge >= 0.3 is 10.2 Å². The van der Waals surface area contributed by atoms with Gasteiger partial charge in [-0.25, -0.2) is 4.98 Å². The van der Waals surface area contributed by atoms with Crippen LogP contribution in [0.15, 0.2) is 48.7 Å². The van der Waals surface area contributed by atoms with Gasteiger partial charge in [-0.3, -0.25) is 4.72 Å². The van der Waals surface area contributed by atoms with Crippen molar-refractivity contribution in [2.24, 2.45) is 0 Å². The summed E-state index contributed by atoms with van der Waals surface area (Å²) in [7, 11) is -0.596. The van der Waals surface area contributed by atoms with Crippen molar-refractivity contribution in [3.63, 3.8) is 0 Å². The second-order valence-electron chi connectivity index (χ2n) is 4.98. The molecule has 0 radical (unpaired) electrons. The molecule has 0 amide bonds. The summed E-state index contributed by atoms with van der Waals surface area (Å²) in [4.78, 5) is 4.09. The average molecular weight is 320 g/mol. The molecule has 0 saturated heterocycles. The zero-order chi connectivity index (χ0) is 16.0. The number of hydrogen-bond acceptors (Lipinski definition) is 4. The fourth-order valence-electron chi connectivity index (χ4n) is 1.78. The van der Waals surface area contributed by atoms with E-state index in [1.165, 1.54) is 19.7 Å². The molecule has 1 aromatic carbocycles. The van der Waals surface area contributed by atoms with Crippen LogP contribution in [0, 0.1) is 0 Å². The predicted octanol–water partition coefficient (Wildman–Crippen LogP) is 1.95. The Morgan fingerprint density at radius 1 is 1.09 bits per heavy atom. The molecule has 1 heterocycles. The van der Waals surface area contributed by atoms with Crippen molar-refractivity contribution in [3.05, 3.63) is 54.2 Å². The highest BCUT2D eigenvalue weighted by Crippen LogP contribution is 2.12. The minimum Gasteiger partial charge on any atom is -0.383 e. The second kappa shape index (κ2) is 7.24. The van der Waals surface area contributed by atoms with Crippen molar-refractivity contribution in [1.29, 1.82) is 0 Å². The number of hydrogen-bond donors (Lipinski definition) is 2. The van der Waals surface area contributed by atoms with E-state index in [9.17, 15) is 8.42 Å². The Labute approximate surface area is 131 Å². The van der Waals surface area contributed by atoms with Crippen molar-refractivity contribution >= 4 is 21.7 Å². The maximum absolute atomic E-state index is 11.7. The molecule has 0 fully saturated rings. The fraction of sp³-hybridized carbons (Fsp3) is 0.267. The Bertz CT molecular complexity index is 685. The van der Waals surface area contributed by atoms with Crippen molar-refractivity contribution in [2.75, 3.05) is 30.7 Å². The third-order valence-corrected chi connectivity index (χ3v) is 4.49. The number of rotatable bonds is 7. The van der Waals surface area contributed by atoms with Crippen molar-refractivity contribution in [2.45, 2.75) is 6.42 Å². The lowest BCUT2D eigenvalue weighted by Gasteiger charge is -2.13. The minimum atomic E-state index is -3.52. The Morgan fingerprint density at radius 2 is 1.82 bits per heavy atom. The summed E-state index contributed by atoms with van der Waals surface area (Å²) >= 11 is 0. The summed E-state index contributed by atoms with van der Waals surface area (Å²) in [6.45, 7) is 0.786. The van der Waals surface area contributed by atoms with Gasteiger partial charge in [0, 0.05) is 20.6 Å². The van der Waals surface area contributed by atoms with Gasteiger partial charge in [-0.05, 0) is 24.1 Å². The molecule has 0 aliphatic rings.